The van der Waals surface area contributed by atoms with Crippen LogP contribution in [0.4, 0.5) is 0 Å². The topological polar surface area (TPSA) is 84.7 Å². The Bertz CT molecular complexity index is 1580. The summed E-state index contributed by atoms with van der Waals surface area (Å²) in [6, 6.07) is 13.3. The zero-order valence-electron chi connectivity index (χ0n) is 21.4. The Morgan fingerprint density at radius 2 is 1.79 bits per heavy atom. The minimum Gasteiger partial charge on any atom is -0.478 e. The van der Waals surface area contributed by atoms with Crippen molar-refractivity contribution in [2.45, 2.75) is 50.5 Å². The van der Waals surface area contributed by atoms with Crippen LogP contribution >= 0.6 is 0 Å². The second-order valence-electron chi connectivity index (χ2n) is 10.8. The predicted molar refractivity (Wildman–Crippen MR) is 146 cm³/mol. The van der Waals surface area contributed by atoms with E-state index in [1.165, 1.54) is 24.8 Å². The number of carboxylic acid groups (broad SMARTS) is 1. The molecule has 3 aliphatic rings. The van der Waals surface area contributed by atoms with E-state index in [-0.39, 0.29) is 11.5 Å². The van der Waals surface area contributed by atoms with Crippen LogP contribution in [-0.4, -0.2) is 57.7 Å². The van der Waals surface area contributed by atoms with Crippen molar-refractivity contribution in [3.05, 3.63) is 65.4 Å². The van der Waals surface area contributed by atoms with Crippen molar-refractivity contribution in [1.82, 2.24) is 14.5 Å². The van der Waals surface area contributed by atoms with Crippen LogP contribution in [0.3, 0.4) is 0 Å². The number of aromatic carboxylic acids is 1. The van der Waals surface area contributed by atoms with Crippen molar-refractivity contribution in [3.8, 4) is 11.3 Å². The molecule has 1 N–H and O–H groups in total. The zero-order valence-corrected chi connectivity index (χ0v) is 21.4. The Balaban J connectivity index is 1.54. The molecule has 2 aliphatic heterocycles. The molecule has 1 saturated heterocycles. The molecule has 1 saturated carbocycles. The number of pyridine rings is 1. The number of aromatic nitrogens is 2. The van der Waals surface area contributed by atoms with Gasteiger partial charge in [-0.1, -0.05) is 37.5 Å². The van der Waals surface area contributed by atoms with Crippen LogP contribution in [0.25, 0.3) is 33.1 Å². The maximum Gasteiger partial charge on any atom is 0.335 e. The van der Waals surface area contributed by atoms with Crippen molar-refractivity contribution in [2.75, 3.05) is 26.3 Å². The highest BCUT2D eigenvalue weighted by atomic mass is 16.5. The molecule has 194 valence electrons. The fraction of sp³-hybridized carbons (Fsp3) is 0.387. The Hall–Kier alpha value is -3.71. The molecule has 0 spiro atoms. The zero-order chi connectivity index (χ0) is 25.8. The molecule has 7 heteroatoms. The predicted octanol–water partition coefficient (Wildman–Crippen LogP) is 5.56. The lowest BCUT2D eigenvalue weighted by Gasteiger charge is -2.35. The standard InChI is InChI=1S/C31H31N3O4/c35-30(33-13-15-38-16-14-33)27-18-24-21-7-4-12-32-25(21)11-10-22(24)29-28(19-5-2-1-3-6-19)23-9-8-20(31(36)37)17-26(23)34(27)29/h4,7-12,17,19,27H,1-3,5-6,13-16,18H2,(H,36,37). The van der Waals surface area contributed by atoms with Gasteiger partial charge in [0, 0.05) is 42.0 Å². The van der Waals surface area contributed by atoms with Gasteiger partial charge in [-0.2, -0.15) is 0 Å². The Morgan fingerprint density at radius 1 is 0.974 bits per heavy atom. The Morgan fingerprint density at radius 3 is 2.58 bits per heavy atom. The highest BCUT2D eigenvalue weighted by molar-refractivity contribution is 6.02. The molecule has 4 heterocycles. The van der Waals surface area contributed by atoms with Crippen LogP contribution in [0, 0.1) is 0 Å². The van der Waals surface area contributed by atoms with Gasteiger partial charge in [-0.25, -0.2) is 4.79 Å². The third-order valence-corrected chi connectivity index (χ3v) is 8.77. The quantitative estimate of drug-likeness (QED) is 0.391. The van der Waals surface area contributed by atoms with Crippen LogP contribution in [0.2, 0.25) is 0 Å². The van der Waals surface area contributed by atoms with Crippen LogP contribution < -0.4 is 0 Å². The van der Waals surface area contributed by atoms with Crippen LogP contribution in [0.5, 0.6) is 0 Å². The average Bonchev–Trinajstić information content (AvgIpc) is 3.32. The molecule has 2 aromatic heterocycles. The van der Waals surface area contributed by atoms with E-state index < -0.39 is 12.0 Å². The summed E-state index contributed by atoms with van der Waals surface area (Å²) in [5.74, 6) is -0.493. The number of hydrogen-bond acceptors (Lipinski definition) is 4. The summed E-state index contributed by atoms with van der Waals surface area (Å²) in [5.41, 5.74) is 6.70. The summed E-state index contributed by atoms with van der Waals surface area (Å²) in [5, 5.41) is 12.0. The number of carbonyl (C=O) groups is 2. The van der Waals surface area contributed by atoms with E-state index in [0.29, 0.717) is 38.6 Å². The lowest BCUT2D eigenvalue weighted by Crippen LogP contribution is -2.45. The third kappa shape index (κ3) is 3.63. The number of benzene rings is 2. The van der Waals surface area contributed by atoms with Gasteiger partial charge in [0.2, 0.25) is 5.91 Å². The van der Waals surface area contributed by atoms with E-state index in [2.05, 4.69) is 27.8 Å². The molecule has 4 aromatic rings. The van der Waals surface area contributed by atoms with Gasteiger partial charge >= 0.3 is 5.97 Å². The van der Waals surface area contributed by atoms with Gasteiger partial charge in [0.15, 0.2) is 0 Å². The maximum absolute atomic E-state index is 14.2. The molecule has 2 aromatic carbocycles. The number of ether oxygens (including phenoxy) is 1. The first-order valence-corrected chi connectivity index (χ1v) is 13.8. The number of hydrogen-bond donors (Lipinski definition) is 1. The molecular formula is C31H31N3O4. The molecule has 1 atom stereocenters. The molecule has 7 rings (SSSR count). The molecule has 0 radical (unpaired) electrons. The monoisotopic (exact) mass is 509 g/mol. The second kappa shape index (κ2) is 9.24. The SMILES string of the molecule is O=C(O)c1ccc2c(C3CCCCC3)c3n(c2c1)C(C(=O)N1CCOCC1)Cc1c-3ccc2ncccc12. The highest BCUT2D eigenvalue weighted by Crippen LogP contribution is 2.50. The van der Waals surface area contributed by atoms with Gasteiger partial charge < -0.3 is 19.3 Å². The summed E-state index contributed by atoms with van der Waals surface area (Å²) >= 11 is 0. The Labute approximate surface area is 221 Å². The van der Waals surface area contributed by atoms with Gasteiger partial charge in [0.1, 0.15) is 6.04 Å². The van der Waals surface area contributed by atoms with E-state index in [1.54, 1.807) is 12.1 Å². The molecule has 0 bridgehead atoms. The highest BCUT2D eigenvalue weighted by Gasteiger charge is 2.38. The molecule has 1 aliphatic carbocycles. The smallest absolute Gasteiger partial charge is 0.335 e. The second-order valence-corrected chi connectivity index (χ2v) is 10.8. The number of rotatable bonds is 3. The number of morpholine rings is 1. The molecule has 7 nitrogen and oxygen atoms in total. The molecule has 2 fully saturated rings. The average molecular weight is 510 g/mol. The molecule has 1 amide bonds. The molecular weight excluding hydrogens is 478 g/mol. The van der Waals surface area contributed by atoms with Crippen molar-refractivity contribution in [3.63, 3.8) is 0 Å². The first-order valence-electron chi connectivity index (χ1n) is 13.8. The number of nitrogens with zero attached hydrogens (tertiary/aromatic N) is 3. The first-order chi connectivity index (χ1) is 18.6. The van der Waals surface area contributed by atoms with Crippen LogP contribution in [-0.2, 0) is 16.0 Å². The van der Waals surface area contributed by atoms with E-state index in [1.807, 2.05) is 23.2 Å². The minimum atomic E-state index is -0.953. The summed E-state index contributed by atoms with van der Waals surface area (Å²) in [6.07, 6.45) is 8.21. The van der Waals surface area contributed by atoms with Gasteiger partial charge in [-0.15, -0.1) is 0 Å². The Kier molecular flexibility index (Phi) is 5.69. The van der Waals surface area contributed by atoms with E-state index in [4.69, 9.17) is 4.74 Å². The molecule has 1 unspecified atom stereocenters. The lowest BCUT2D eigenvalue weighted by atomic mass is 9.80. The largest absolute Gasteiger partial charge is 0.478 e. The van der Waals surface area contributed by atoms with E-state index >= 15 is 0 Å². The minimum absolute atomic E-state index is 0.0777. The van der Waals surface area contributed by atoms with E-state index in [9.17, 15) is 14.7 Å². The van der Waals surface area contributed by atoms with Gasteiger partial charge in [-0.05, 0) is 54.2 Å². The fourth-order valence-corrected chi connectivity index (χ4v) is 7.00. The number of amides is 1. The van der Waals surface area contributed by atoms with E-state index in [0.717, 1.165) is 51.5 Å². The maximum atomic E-state index is 14.2. The summed E-state index contributed by atoms with van der Waals surface area (Å²) in [4.78, 5) is 32.8. The summed E-state index contributed by atoms with van der Waals surface area (Å²) < 4.78 is 7.73. The van der Waals surface area contributed by atoms with Gasteiger partial charge in [-0.3, -0.25) is 9.78 Å². The number of carboxylic acids is 1. The third-order valence-electron chi connectivity index (χ3n) is 8.77. The normalized spacial score (nSPS) is 19.9. The van der Waals surface area contributed by atoms with Crippen LogP contribution in [0.1, 0.15) is 65.5 Å². The van der Waals surface area contributed by atoms with Gasteiger partial charge in [0.05, 0.1) is 35.5 Å². The summed E-state index contributed by atoms with van der Waals surface area (Å²) in [7, 11) is 0. The first kappa shape index (κ1) is 23.4. The summed E-state index contributed by atoms with van der Waals surface area (Å²) in [6.45, 7) is 2.22. The van der Waals surface area contributed by atoms with Gasteiger partial charge in [0.25, 0.3) is 0 Å². The van der Waals surface area contributed by atoms with Crippen molar-refractivity contribution in [1.29, 1.82) is 0 Å². The van der Waals surface area contributed by atoms with Crippen LogP contribution in [0.15, 0.2) is 48.7 Å². The van der Waals surface area contributed by atoms with Crippen molar-refractivity contribution >= 4 is 33.7 Å². The fourth-order valence-electron chi connectivity index (χ4n) is 7.00. The number of fused-ring (bicyclic) bond motifs is 7. The van der Waals surface area contributed by atoms with Crippen molar-refractivity contribution < 1.29 is 19.4 Å². The van der Waals surface area contributed by atoms with Crippen molar-refractivity contribution in [2.24, 2.45) is 0 Å². The molecule has 38 heavy (non-hydrogen) atoms. The number of carbonyl (C=O) groups excluding carboxylic acids is 1. The lowest BCUT2D eigenvalue weighted by molar-refractivity contribution is -0.138.